The first kappa shape index (κ1) is 14.1. The third-order valence-corrected chi connectivity index (χ3v) is 4.61. The summed E-state index contributed by atoms with van der Waals surface area (Å²) in [6, 6.07) is 8.82. The largest absolute Gasteiger partial charge is 0.462 e. The van der Waals surface area contributed by atoms with Gasteiger partial charge in [0.1, 0.15) is 24.7 Å². The lowest BCUT2D eigenvalue weighted by atomic mass is 9.91. The van der Waals surface area contributed by atoms with Gasteiger partial charge in [0.15, 0.2) is 0 Å². The van der Waals surface area contributed by atoms with E-state index in [0.29, 0.717) is 18.4 Å². The lowest BCUT2D eigenvalue weighted by Crippen LogP contribution is -2.35. The van der Waals surface area contributed by atoms with Crippen LogP contribution in [0.2, 0.25) is 0 Å². The van der Waals surface area contributed by atoms with Crippen LogP contribution in [0.3, 0.4) is 0 Å². The van der Waals surface area contributed by atoms with Crippen molar-refractivity contribution in [1.29, 1.82) is 0 Å². The summed E-state index contributed by atoms with van der Waals surface area (Å²) in [5.41, 5.74) is 0.492. The predicted molar refractivity (Wildman–Crippen MR) is 76.8 cm³/mol. The first-order valence-electron chi connectivity index (χ1n) is 7.64. The quantitative estimate of drug-likeness (QED) is 0.794. The lowest BCUT2D eigenvalue weighted by molar-refractivity contribution is -0.142. The molecule has 1 saturated heterocycles. The molecule has 0 radical (unpaired) electrons. The number of ether oxygens (including phenoxy) is 4. The highest BCUT2D eigenvalue weighted by atomic mass is 16.7. The van der Waals surface area contributed by atoms with Crippen molar-refractivity contribution in [2.75, 3.05) is 0 Å². The van der Waals surface area contributed by atoms with Crippen molar-refractivity contribution in [1.82, 2.24) is 0 Å². The van der Waals surface area contributed by atoms with Crippen molar-refractivity contribution < 1.29 is 28.5 Å². The fourth-order valence-electron chi connectivity index (χ4n) is 3.61. The molecule has 23 heavy (non-hydrogen) atoms. The van der Waals surface area contributed by atoms with E-state index in [9.17, 15) is 9.59 Å². The third kappa shape index (κ3) is 2.54. The van der Waals surface area contributed by atoms with Gasteiger partial charge in [-0.05, 0) is 12.1 Å². The van der Waals surface area contributed by atoms with Gasteiger partial charge < -0.3 is 18.9 Å². The summed E-state index contributed by atoms with van der Waals surface area (Å²) in [4.78, 5) is 23.9. The first-order chi connectivity index (χ1) is 11.2. The Kier molecular flexibility index (Phi) is 3.44. The number of carbonyl (C=O) groups is 2. The second-order valence-electron chi connectivity index (χ2n) is 5.93. The van der Waals surface area contributed by atoms with Crippen LogP contribution in [0.5, 0.6) is 0 Å². The molecule has 1 aromatic carbocycles. The minimum Gasteiger partial charge on any atom is -0.462 e. The average Bonchev–Trinajstić information content (AvgIpc) is 3.24. The summed E-state index contributed by atoms with van der Waals surface area (Å²) in [5.74, 6) is -0.892. The van der Waals surface area contributed by atoms with Gasteiger partial charge >= 0.3 is 11.9 Å². The number of carbonyl (C=O) groups excluding carboxylic acids is 2. The number of benzene rings is 1. The Morgan fingerprint density at radius 2 is 1.87 bits per heavy atom. The summed E-state index contributed by atoms with van der Waals surface area (Å²) in [5, 5.41) is 0. The lowest BCUT2D eigenvalue weighted by Gasteiger charge is -2.26. The summed E-state index contributed by atoms with van der Waals surface area (Å²) in [6.07, 6.45) is 2.51. The van der Waals surface area contributed by atoms with Crippen LogP contribution in [-0.4, -0.2) is 30.4 Å². The molecule has 2 heterocycles. The van der Waals surface area contributed by atoms with Crippen molar-refractivity contribution in [3.8, 4) is 0 Å². The Labute approximate surface area is 133 Å². The van der Waals surface area contributed by atoms with Gasteiger partial charge in [0.2, 0.25) is 6.29 Å². The van der Waals surface area contributed by atoms with E-state index in [2.05, 4.69) is 0 Å². The molecule has 0 N–H and O–H groups in total. The highest BCUT2D eigenvalue weighted by Gasteiger charge is 2.56. The van der Waals surface area contributed by atoms with E-state index in [0.717, 1.165) is 0 Å². The molecule has 1 saturated carbocycles. The fourth-order valence-corrected chi connectivity index (χ4v) is 3.61. The van der Waals surface area contributed by atoms with Gasteiger partial charge in [-0.3, -0.25) is 4.79 Å². The van der Waals surface area contributed by atoms with Crippen LogP contribution in [0, 0.1) is 11.8 Å². The highest BCUT2D eigenvalue weighted by molar-refractivity contribution is 5.89. The molecule has 1 aromatic rings. The number of hydrogen-bond acceptors (Lipinski definition) is 6. The number of fused-ring (bicyclic) bond motifs is 1. The van der Waals surface area contributed by atoms with Gasteiger partial charge in [-0.2, -0.15) is 0 Å². The Bertz CT molecular complexity index is 632. The van der Waals surface area contributed by atoms with Gasteiger partial charge in [0, 0.05) is 12.3 Å². The molecule has 2 fully saturated rings. The van der Waals surface area contributed by atoms with Gasteiger partial charge in [0.25, 0.3) is 0 Å². The second-order valence-corrected chi connectivity index (χ2v) is 5.93. The van der Waals surface area contributed by atoms with Crippen LogP contribution in [0.4, 0.5) is 0 Å². The summed E-state index contributed by atoms with van der Waals surface area (Å²) >= 11 is 0. The standard InChI is InChI=1S/C17H16O6/c18-14-8-11-12(22-14)9-13(15(11)17-20-6-7-21-17)23-16(19)10-4-2-1-3-5-10/h1-7,11-13,15,17H,8-9H2. The molecule has 0 amide bonds. The van der Waals surface area contributed by atoms with Crippen LogP contribution in [0.15, 0.2) is 42.9 Å². The van der Waals surface area contributed by atoms with Gasteiger partial charge in [-0.15, -0.1) is 0 Å². The van der Waals surface area contributed by atoms with Crippen LogP contribution in [0.25, 0.3) is 0 Å². The van der Waals surface area contributed by atoms with E-state index >= 15 is 0 Å². The molecule has 1 aliphatic carbocycles. The van der Waals surface area contributed by atoms with Crippen LogP contribution >= 0.6 is 0 Å². The minimum absolute atomic E-state index is 0.0547. The van der Waals surface area contributed by atoms with Gasteiger partial charge in [-0.25, -0.2) is 4.79 Å². The van der Waals surface area contributed by atoms with Gasteiger partial charge in [0.05, 0.1) is 17.9 Å². The highest BCUT2D eigenvalue weighted by Crippen LogP contribution is 2.46. The monoisotopic (exact) mass is 316 g/mol. The van der Waals surface area contributed by atoms with E-state index in [-0.39, 0.29) is 23.9 Å². The third-order valence-electron chi connectivity index (χ3n) is 4.61. The fraction of sp³-hybridized carbons (Fsp3) is 0.412. The zero-order valence-corrected chi connectivity index (χ0v) is 12.3. The summed E-state index contributed by atoms with van der Waals surface area (Å²) < 4.78 is 21.9. The van der Waals surface area contributed by atoms with E-state index < -0.39 is 18.4 Å². The smallest absolute Gasteiger partial charge is 0.338 e. The Morgan fingerprint density at radius 1 is 1.13 bits per heavy atom. The molecule has 3 aliphatic rings. The molecule has 6 nitrogen and oxygen atoms in total. The van der Waals surface area contributed by atoms with Gasteiger partial charge in [-0.1, -0.05) is 18.2 Å². The van der Waals surface area contributed by atoms with E-state index in [4.69, 9.17) is 18.9 Å². The predicted octanol–water partition coefficient (Wildman–Crippen LogP) is 2.01. The molecule has 120 valence electrons. The summed E-state index contributed by atoms with van der Waals surface area (Å²) in [6.45, 7) is 0. The average molecular weight is 316 g/mol. The molecule has 0 spiro atoms. The molecular formula is C17H16O6. The van der Waals surface area contributed by atoms with Crippen molar-refractivity contribution in [3.63, 3.8) is 0 Å². The zero-order valence-electron chi connectivity index (χ0n) is 12.3. The van der Waals surface area contributed by atoms with E-state index in [1.807, 2.05) is 6.07 Å². The zero-order chi connectivity index (χ0) is 15.8. The Hall–Kier alpha value is -2.50. The van der Waals surface area contributed by atoms with Crippen LogP contribution in [-0.2, 0) is 23.7 Å². The molecule has 4 atom stereocenters. The van der Waals surface area contributed by atoms with E-state index in [1.165, 1.54) is 12.5 Å². The molecule has 0 bridgehead atoms. The van der Waals surface area contributed by atoms with Crippen molar-refractivity contribution in [3.05, 3.63) is 48.4 Å². The van der Waals surface area contributed by atoms with Crippen molar-refractivity contribution >= 4 is 11.9 Å². The topological polar surface area (TPSA) is 71.1 Å². The second kappa shape index (κ2) is 5.61. The number of esters is 2. The molecule has 2 aliphatic heterocycles. The maximum atomic E-state index is 12.3. The molecular weight excluding hydrogens is 300 g/mol. The normalized spacial score (nSPS) is 32.1. The maximum Gasteiger partial charge on any atom is 0.338 e. The summed E-state index contributed by atoms with van der Waals surface area (Å²) in [7, 11) is 0. The first-order valence-corrected chi connectivity index (χ1v) is 7.64. The van der Waals surface area contributed by atoms with Crippen molar-refractivity contribution in [2.45, 2.75) is 31.3 Å². The van der Waals surface area contributed by atoms with Crippen molar-refractivity contribution in [2.24, 2.45) is 11.8 Å². The Morgan fingerprint density at radius 3 is 2.61 bits per heavy atom. The Balaban J connectivity index is 1.52. The minimum atomic E-state index is -0.548. The molecule has 4 unspecified atom stereocenters. The SMILES string of the molecule is O=C1CC2C(CC(OC(=O)c3ccccc3)C2C2OC=CO2)O1. The number of hydrogen-bond donors (Lipinski definition) is 0. The van der Waals surface area contributed by atoms with Crippen LogP contribution < -0.4 is 0 Å². The molecule has 6 heteroatoms. The molecule has 4 rings (SSSR count). The van der Waals surface area contributed by atoms with E-state index in [1.54, 1.807) is 24.3 Å². The number of rotatable bonds is 3. The van der Waals surface area contributed by atoms with Crippen LogP contribution in [0.1, 0.15) is 23.2 Å². The molecule has 0 aromatic heterocycles. The maximum absolute atomic E-state index is 12.3.